The van der Waals surface area contributed by atoms with Gasteiger partial charge in [0.2, 0.25) is 10.0 Å². The molecule has 0 saturated heterocycles. The second kappa shape index (κ2) is 11.5. The second-order valence-electron chi connectivity index (χ2n) is 12.9. The highest BCUT2D eigenvalue weighted by molar-refractivity contribution is 7.90. The van der Waals surface area contributed by atoms with Gasteiger partial charge in [0.1, 0.15) is 5.75 Å². The number of fused-ring (bicyclic) bond motifs is 4. The largest absolute Gasteiger partial charge is 0.490 e. The van der Waals surface area contributed by atoms with E-state index in [-0.39, 0.29) is 17.4 Å². The number of nitrogens with zero attached hydrogens (tertiary/aromatic N) is 1. The summed E-state index contributed by atoms with van der Waals surface area (Å²) in [5.74, 6) is 0.896. The molecule has 1 amide bonds. The lowest BCUT2D eigenvalue weighted by molar-refractivity contribution is 0.0130. The zero-order valence-electron chi connectivity index (χ0n) is 24.6. The zero-order valence-corrected chi connectivity index (χ0v) is 26.2. The Morgan fingerprint density at radius 1 is 1.12 bits per heavy atom. The quantitative estimate of drug-likeness (QED) is 0.404. The number of allylic oxidation sites excluding steroid dienone is 1. The van der Waals surface area contributed by atoms with Gasteiger partial charge in [-0.1, -0.05) is 36.7 Å². The molecule has 6 rings (SSSR count). The molecule has 0 radical (unpaired) electrons. The molecule has 0 aromatic heterocycles. The summed E-state index contributed by atoms with van der Waals surface area (Å²) in [5, 5.41) is 0.0192. The van der Waals surface area contributed by atoms with Gasteiger partial charge < -0.3 is 14.4 Å². The smallest absolute Gasteiger partial charge is 0.264 e. The minimum atomic E-state index is -3.87. The molecule has 1 spiro atoms. The predicted octanol–water partition coefficient (Wildman–Crippen LogP) is 5.90. The molecule has 2 aliphatic carbocycles. The van der Waals surface area contributed by atoms with Crippen molar-refractivity contribution in [3.05, 3.63) is 70.3 Å². The topological polar surface area (TPSA) is 84.9 Å². The Bertz CT molecular complexity index is 1490. The number of rotatable bonds is 1. The van der Waals surface area contributed by atoms with Crippen LogP contribution in [0.15, 0.2) is 48.6 Å². The van der Waals surface area contributed by atoms with Crippen molar-refractivity contribution in [3.63, 3.8) is 0 Å². The third-order valence-corrected chi connectivity index (χ3v) is 12.0. The molecule has 1 N–H and O–H groups in total. The van der Waals surface area contributed by atoms with Crippen LogP contribution in [-0.4, -0.2) is 52.5 Å². The molecule has 1 fully saturated rings. The minimum absolute atomic E-state index is 0.0177. The number of benzene rings is 2. The summed E-state index contributed by atoms with van der Waals surface area (Å²) >= 11 is 6.40. The Labute approximate surface area is 254 Å². The Morgan fingerprint density at radius 3 is 2.71 bits per heavy atom. The van der Waals surface area contributed by atoms with Crippen LogP contribution in [0.25, 0.3) is 0 Å². The fourth-order valence-electron chi connectivity index (χ4n) is 7.51. The molecule has 4 aliphatic rings. The van der Waals surface area contributed by atoms with Crippen molar-refractivity contribution in [1.82, 2.24) is 4.72 Å². The van der Waals surface area contributed by atoms with Crippen LogP contribution in [0.1, 0.15) is 67.4 Å². The predicted molar refractivity (Wildman–Crippen MR) is 166 cm³/mol. The van der Waals surface area contributed by atoms with E-state index in [1.54, 1.807) is 20.1 Å². The number of hydrogen-bond donors (Lipinski definition) is 1. The normalized spacial score (nSPS) is 33.3. The van der Waals surface area contributed by atoms with E-state index in [2.05, 4.69) is 33.9 Å². The van der Waals surface area contributed by atoms with Crippen LogP contribution in [0.5, 0.6) is 5.75 Å². The highest BCUT2D eigenvalue weighted by Crippen LogP contribution is 2.47. The van der Waals surface area contributed by atoms with Crippen LogP contribution in [0.3, 0.4) is 0 Å². The van der Waals surface area contributed by atoms with Crippen molar-refractivity contribution >= 4 is 33.2 Å². The van der Waals surface area contributed by atoms with Gasteiger partial charge in [-0.25, -0.2) is 13.1 Å². The fraction of sp³-hybridized carbons (Fsp3) is 0.545. The fourth-order valence-corrected chi connectivity index (χ4v) is 8.83. The highest BCUT2D eigenvalue weighted by atomic mass is 35.5. The number of nitrogens with one attached hydrogen (secondary N) is 1. The standard InChI is InChI=1S/C33H41ClN2O5S/c1-21-6-12-30(40-3)27-10-7-25(27)18-36-19-33(14-4-5-23-16-26(34)9-11-28(23)33)20-41-31-13-8-24(17-29(31)36)32(37)35-42(38,39)22(2)15-21/h6,8-9,11-13,16-17,21-22,25,27,30H,4-5,7,10,14-15,18-20H2,1-3H3,(H,35,37)/b12-6-/t21-,22-,25+,27-,30+,33+/m1/s1. The molecule has 2 heterocycles. The lowest BCUT2D eigenvalue weighted by Crippen LogP contribution is -2.49. The molecule has 6 atom stereocenters. The first-order chi connectivity index (χ1) is 20.1. The average Bonchev–Trinajstić information content (AvgIpc) is 3.09. The second-order valence-corrected chi connectivity index (χ2v) is 15.4. The number of amides is 1. The zero-order chi connectivity index (χ0) is 29.6. The summed E-state index contributed by atoms with van der Waals surface area (Å²) in [7, 11) is -2.11. The van der Waals surface area contributed by atoms with Gasteiger partial charge in [0.05, 0.1) is 23.6 Å². The number of hydrogen-bond acceptors (Lipinski definition) is 6. The lowest BCUT2D eigenvalue weighted by atomic mass is 9.68. The number of halogens is 1. The number of carbonyl (C=O) groups excluding carboxylic acids is 1. The summed E-state index contributed by atoms with van der Waals surface area (Å²) in [6.45, 7) is 5.73. The average molecular weight is 613 g/mol. The van der Waals surface area contributed by atoms with Crippen molar-refractivity contribution in [2.75, 3.05) is 31.7 Å². The van der Waals surface area contributed by atoms with E-state index in [4.69, 9.17) is 21.1 Å². The Morgan fingerprint density at radius 2 is 1.95 bits per heavy atom. The number of ether oxygens (including phenoxy) is 2. The molecule has 42 heavy (non-hydrogen) atoms. The maximum absolute atomic E-state index is 13.3. The van der Waals surface area contributed by atoms with Gasteiger partial charge in [-0.2, -0.15) is 0 Å². The first-order valence-electron chi connectivity index (χ1n) is 15.2. The first-order valence-corrected chi connectivity index (χ1v) is 17.1. The van der Waals surface area contributed by atoms with Crippen LogP contribution < -0.4 is 14.4 Å². The lowest BCUT2D eigenvalue weighted by Gasteiger charge is -2.46. The van der Waals surface area contributed by atoms with E-state index in [9.17, 15) is 13.2 Å². The van der Waals surface area contributed by atoms with Crippen molar-refractivity contribution < 1.29 is 22.7 Å². The number of sulfonamides is 1. The van der Waals surface area contributed by atoms with Crippen LogP contribution in [0.4, 0.5) is 5.69 Å². The maximum Gasteiger partial charge on any atom is 0.264 e. The monoisotopic (exact) mass is 612 g/mol. The van der Waals surface area contributed by atoms with Gasteiger partial charge in [0.15, 0.2) is 0 Å². The van der Waals surface area contributed by atoms with Gasteiger partial charge in [0.25, 0.3) is 5.91 Å². The summed E-state index contributed by atoms with van der Waals surface area (Å²) < 4.78 is 41.2. The number of carbonyl (C=O) groups is 1. The summed E-state index contributed by atoms with van der Waals surface area (Å²) in [4.78, 5) is 15.7. The molecule has 2 bridgehead atoms. The van der Waals surface area contributed by atoms with Crippen molar-refractivity contribution in [2.45, 2.75) is 69.1 Å². The van der Waals surface area contributed by atoms with Crippen molar-refractivity contribution in [3.8, 4) is 5.75 Å². The molecule has 2 aliphatic heterocycles. The molecule has 226 valence electrons. The third kappa shape index (κ3) is 5.58. The summed E-state index contributed by atoms with van der Waals surface area (Å²) in [6, 6.07) is 11.5. The maximum atomic E-state index is 13.3. The molecular weight excluding hydrogens is 572 g/mol. The van der Waals surface area contributed by atoms with E-state index in [0.717, 1.165) is 61.7 Å². The molecule has 7 nitrogen and oxygen atoms in total. The molecular formula is C33H41ClN2O5S. The SMILES string of the molecule is CO[C@H]1/C=C\[C@@H](C)C[C@@H](C)S(=O)(=O)NC(=O)c2ccc3c(c2)N(C[C@@H]2CC[C@H]21)C[C@@]1(CCCc2cc(Cl)ccc21)CO3. The van der Waals surface area contributed by atoms with Crippen LogP contribution in [0, 0.1) is 17.8 Å². The van der Waals surface area contributed by atoms with E-state index >= 15 is 0 Å². The van der Waals surface area contributed by atoms with Gasteiger partial charge >= 0.3 is 0 Å². The van der Waals surface area contributed by atoms with Gasteiger partial charge in [0, 0.05) is 36.2 Å². The van der Waals surface area contributed by atoms with E-state index in [0.29, 0.717) is 30.4 Å². The third-order valence-electron chi connectivity index (χ3n) is 10.0. The van der Waals surface area contributed by atoms with E-state index in [1.807, 2.05) is 25.1 Å². The molecule has 1 saturated carbocycles. The van der Waals surface area contributed by atoms with Gasteiger partial charge in [-0.3, -0.25) is 4.79 Å². The molecule has 9 heteroatoms. The van der Waals surface area contributed by atoms with Gasteiger partial charge in [-0.15, -0.1) is 0 Å². The van der Waals surface area contributed by atoms with Gasteiger partial charge in [-0.05, 0) is 105 Å². The molecule has 2 aromatic carbocycles. The van der Waals surface area contributed by atoms with Crippen LogP contribution >= 0.6 is 11.6 Å². The number of methoxy groups -OCH3 is 1. The first kappa shape index (κ1) is 29.5. The number of aryl methyl sites for hydroxylation is 1. The summed E-state index contributed by atoms with van der Waals surface area (Å²) in [5.41, 5.74) is 3.48. The van der Waals surface area contributed by atoms with Crippen molar-refractivity contribution in [1.29, 1.82) is 0 Å². The van der Waals surface area contributed by atoms with E-state index in [1.165, 1.54) is 11.1 Å². The molecule has 2 aromatic rings. The van der Waals surface area contributed by atoms with Crippen molar-refractivity contribution in [2.24, 2.45) is 17.8 Å². The molecule has 0 unspecified atom stereocenters. The van der Waals surface area contributed by atoms with Crippen LogP contribution in [-0.2, 0) is 26.6 Å². The van der Waals surface area contributed by atoms with E-state index < -0.39 is 21.2 Å². The Hall–Kier alpha value is -2.55. The van der Waals surface area contributed by atoms with Crippen LogP contribution in [0.2, 0.25) is 5.02 Å². The number of anilines is 1. The Balaban J connectivity index is 1.43. The summed E-state index contributed by atoms with van der Waals surface area (Å²) in [6.07, 6.45) is 9.78. The minimum Gasteiger partial charge on any atom is -0.490 e. The Kier molecular flexibility index (Phi) is 8.09. The highest BCUT2D eigenvalue weighted by Gasteiger charge is 2.44.